The average molecular weight is 558 g/mol. The second-order valence-corrected chi connectivity index (χ2v) is 12.1. The number of carbonyl (C=O) groups excluding carboxylic acids is 2. The Morgan fingerprint density at radius 2 is 1.71 bits per heavy atom. The summed E-state index contributed by atoms with van der Waals surface area (Å²) in [5.41, 5.74) is 0.102. The molecule has 2 amide bonds. The first-order chi connectivity index (χ1) is 17.8. The molecule has 2 aliphatic rings. The first-order valence-corrected chi connectivity index (χ1v) is 14.3. The standard InChI is InChI=1S/C25H28F5N5O2S/c26-38(27,28,29,30)21-12-10-20(11-13-21)35(25(37)22-9-5-15-34(22)17-31)23(18-6-4-14-32-16-18)24(36)33-19-7-2-1-3-8-19/h4,6,10-14,16,19,22-23H,1-3,5,7-9,15H2,(H,33,36). The van der Waals surface area contributed by atoms with Crippen molar-refractivity contribution in [2.75, 3.05) is 11.4 Å². The highest BCUT2D eigenvalue weighted by atomic mass is 32.5. The third kappa shape index (κ3) is 6.18. The number of carbonyl (C=O) groups is 2. The molecule has 206 valence electrons. The van der Waals surface area contributed by atoms with Crippen LogP contribution in [0.15, 0.2) is 53.7 Å². The van der Waals surface area contributed by atoms with E-state index in [4.69, 9.17) is 0 Å². The molecule has 38 heavy (non-hydrogen) atoms. The first kappa shape index (κ1) is 27.6. The van der Waals surface area contributed by atoms with E-state index < -0.39 is 39.0 Å². The van der Waals surface area contributed by atoms with Crippen LogP contribution in [-0.2, 0) is 9.59 Å². The second-order valence-electron chi connectivity index (χ2n) is 9.65. The molecule has 7 nitrogen and oxygen atoms in total. The Labute approximate surface area is 217 Å². The molecule has 2 atom stereocenters. The molecule has 2 heterocycles. The number of hydrogen-bond acceptors (Lipinski definition) is 5. The molecule has 0 radical (unpaired) electrons. The van der Waals surface area contributed by atoms with Gasteiger partial charge in [-0.2, -0.15) is 5.26 Å². The number of nitriles is 1. The lowest BCUT2D eigenvalue weighted by Gasteiger charge is -2.41. The van der Waals surface area contributed by atoms with E-state index in [1.54, 1.807) is 12.1 Å². The van der Waals surface area contributed by atoms with Crippen LogP contribution in [0.4, 0.5) is 25.1 Å². The number of nitrogens with zero attached hydrogens (tertiary/aromatic N) is 4. The van der Waals surface area contributed by atoms with Gasteiger partial charge in [0.1, 0.15) is 17.0 Å². The zero-order chi connectivity index (χ0) is 27.6. The van der Waals surface area contributed by atoms with E-state index in [1.165, 1.54) is 17.3 Å². The van der Waals surface area contributed by atoms with Crippen molar-refractivity contribution in [1.29, 1.82) is 5.26 Å². The van der Waals surface area contributed by atoms with Gasteiger partial charge in [0.05, 0.1) is 0 Å². The Hall–Kier alpha value is -3.40. The van der Waals surface area contributed by atoms with E-state index in [1.807, 2.05) is 6.19 Å². The van der Waals surface area contributed by atoms with Crippen molar-refractivity contribution in [3.05, 3.63) is 54.4 Å². The molecule has 1 aliphatic carbocycles. The van der Waals surface area contributed by atoms with Gasteiger partial charge in [-0.15, -0.1) is 0 Å². The summed E-state index contributed by atoms with van der Waals surface area (Å²) in [5, 5.41) is 12.5. The van der Waals surface area contributed by atoms with E-state index in [9.17, 15) is 34.3 Å². The van der Waals surface area contributed by atoms with Crippen LogP contribution in [0.5, 0.6) is 0 Å². The smallest absolute Gasteiger partial charge is 0.310 e. The molecule has 1 saturated carbocycles. The highest BCUT2D eigenvalue weighted by molar-refractivity contribution is 8.45. The Bertz CT molecular complexity index is 1220. The van der Waals surface area contributed by atoms with Crippen LogP contribution in [-0.4, -0.2) is 40.3 Å². The van der Waals surface area contributed by atoms with Gasteiger partial charge in [-0.05, 0) is 56.0 Å². The summed E-state index contributed by atoms with van der Waals surface area (Å²) in [6.07, 6.45) is 9.93. The highest BCUT2D eigenvalue weighted by Crippen LogP contribution is 3.02. The maximum absolute atomic E-state index is 13.9. The van der Waals surface area contributed by atoms with Gasteiger partial charge in [0.2, 0.25) is 5.91 Å². The minimum atomic E-state index is -9.97. The summed E-state index contributed by atoms with van der Waals surface area (Å²) in [4.78, 5) is 31.8. The number of pyridine rings is 1. The lowest BCUT2D eigenvalue weighted by atomic mass is 9.94. The average Bonchev–Trinajstić information content (AvgIpc) is 3.36. The van der Waals surface area contributed by atoms with E-state index in [0.29, 0.717) is 13.0 Å². The largest absolute Gasteiger partial charge is 0.351 e. The Morgan fingerprint density at radius 3 is 2.29 bits per heavy atom. The molecule has 1 N–H and O–H groups in total. The van der Waals surface area contributed by atoms with Gasteiger partial charge < -0.3 is 5.32 Å². The maximum Gasteiger partial charge on any atom is 0.310 e. The van der Waals surface area contributed by atoms with Crippen molar-refractivity contribution in [2.45, 2.75) is 68.0 Å². The van der Waals surface area contributed by atoms with Gasteiger partial charge in [0.25, 0.3) is 5.91 Å². The Balaban J connectivity index is 1.81. The number of anilines is 1. The molecule has 1 aromatic heterocycles. The summed E-state index contributed by atoms with van der Waals surface area (Å²) < 4.78 is 67.0. The van der Waals surface area contributed by atoms with Crippen molar-refractivity contribution in [3.63, 3.8) is 0 Å². The fourth-order valence-electron chi connectivity index (χ4n) is 5.05. The number of aromatic nitrogens is 1. The molecule has 2 fully saturated rings. The van der Waals surface area contributed by atoms with Crippen LogP contribution >= 0.6 is 10.2 Å². The summed E-state index contributed by atoms with van der Waals surface area (Å²) in [6.45, 7) is 0.301. The number of nitrogens with one attached hydrogen (secondary N) is 1. The zero-order valence-corrected chi connectivity index (χ0v) is 21.2. The van der Waals surface area contributed by atoms with Crippen LogP contribution in [0, 0.1) is 11.5 Å². The van der Waals surface area contributed by atoms with E-state index in [0.717, 1.165) is 49.1 Å². The molecule has 1 saturated heterocycles. The van der Waals surface area contributed by atoms with Crippen molar-refractivity contribution in [2.24, 2.45) is 0 Å². The summed E-state index contributed by atoms with van der Waals surface area (Å²) in [7, 11) is -9.97. The summed E-state index contributed by atoms with van der Waals surface area (Å²) >= 11 is 0. The molecule has 13 heteroatoms. The number of benzene rings is 1. The van der Waals surface area contributed by atoms with Crippen LogP contribution in [0.3, 0.4) is 0 Å². The Morgan fingerprint density at radius 1 is 1.03 bits per heavy atom. The molecule has 4 rings (SSSR count). The van der Waals surface area contributed by atoms with Gasteiger partial charge in [0.15, 0.2) is 6.19 Å². The van der Waals surface area contributed by atoms with Gasteiger partial charge >= 0.3 is 10.2 Å². The lowest BCUT2D eigenvalue weighted by molar-refractivity contribution is -0.128. The topological polar surface area (TPSA) is 89.3 Å². The molecular formula is C25H28F5N5O2S. The summed E-state index contributed by atoms with van der Waals surface area (Å²) in [5.74, 6) is -1.27. The molecule has 1 aliphatic heterocycles. The minimum absolute atomic E-state index is 0.148. The second kappa shape index (κ2) is 9.72. The predicted molar refractivity (Wildman–Crippen MR) is 133 cm³/mol. The molecule has 1 aromatic carbocycles. The maximum atomic E-state index is 13.9. The van der Waals surface area contributed by atoms with Crippen molar-refractivity contribution >= 4 is 27.7 Å². The number of likely N-dealkylation sites (tertiary alicyclic amines) is 1. The van der Waals surface area contributed by atoms with Gasteiger partial charge in [-0.1, -0.05) is 44.8 Å². The highest BCUT2D eigenvalue weighted by Gasteiger charge is 2.65. The van der Waals surface area contributed by atoms with Crippen LogP contribution in [0.2, 0.25) is 0 Å². The number of amides is 2. The zero-order valence-electron chi connectivity index (χ0n) is 20.4. The lowest BCUT2D eigenvalue weighted by Crippen LogP contribution is -2.51. The fourth-order valence-corrected chi connectivity index (χ4v) is 5.70. The van der Waals surface area contributed by atoms with Crippen molar-refractivity contribution in [3.8, 4) is 6.19 Å². The third-order valence-corrected chi connectivity index (χ3v) is 8.09. The first-order valence-electron chi connectivity index (χ1n) is 12.3. The fraction of sp³-hybridized carbons (Fsp3) is 0.440. The van der Waals surface area contributed by atoms with Crippen molar-refractivity contribution in [1.82, 2.24) is 15.2 Å². The number of halogens is 5. The van der Waals surface area contributed by atoms with E-state index in [-0.39, 0.29) is 35.8 Å². The molecule has 0 spiro atoms. The molecule has 0 bridgehead atoms. The number of rotatable bonds is 7. The van der Waals surface area contributed by atoms with Crippen LogP contribution in [0.25, 0.3) is 0 Å². The van der Waals surface area contributed by atoms with Gasteiger partial charge in [-0.25, -0.2) is 0 Å². The van der Waals surface area contributed by atoms with Gasteiger partial charge in [-0.3, -0.25) is 24.4 Å². The normalized spacial score (nSPS) is 21.1. The third-order valence-electron chi connectivity index (χ3n) is 6.92. The van der Waals surface area contributed by atoms with Crippen molar-refractivity contribution < 1.29 is 29.0 Å². The Kier molecular flexibility index (Phi) is 7.07. The molecule has 2 aromatic rings. The SMILES string of the molecule is N#CN1CCCC1C(=O)N(c1ccc(S(F)(F)(F)(F)F)cc1)C(C(=O)NC1CCCCC1)c1cccnc1. The van der Waals surface area contributed by atoms with E-state index >= 15 is 0 Å². The predicted octanol–water partition coefficient (Wildman–Crippen LogP) is 6.21. The summed E-state index contributed by atoms with van der Waals surface area (Å²) in [6, 6.07) is 2.58. The minimum Gasteiger partial charge on any atom is -0.351 e. The number of hydrogen-bond donors (Lipinski definition) is 1. The van der Waals surface area contributed by atoms with Crippen LogP contribution < -0.4 is 10.2 Å². The quantitative estimate of drug-likeness (QED) is 0.323. The van der Waals surface area contributed by atoms with E-state index in [2.05, 4.69) is 10.3 Å². The molecular weight excluding hydrogens is 529 g/mol. The molecule has 2 unspecified atom stereocenters. The monoisotopic (exact) mass is 557 g/mol. The van der Waals surface area contributed by atoms with Gasteiger partial charge in [0, 0.05) is 36.2 Å². The van der Waals surface area contributed by atoms with Crippen LogP contribution in [0.1, 0.15) is 56.6 Å².